The molecule has 4 N–H and O–H groups in total. The van der Waals surface area contributed by atoms with Gasteiger partial charge in [0.2, 0.25) is 6.41 Å². The summed E-state index contributed by atoms with van der Waals surface area (Å²) < 4.78 is 2.09. The van der Waals surface area contributed by atoms with Gasteiger partial charge in [-0.2, -0.15) is 0 Å². The van der Waals surface area contributed by atoms with Crippen LogP contribution in [0.15, 0.2) is 18.2 Å². The number of aryl methyl sites for hydroxylation is 1. The molecule has 0 fully saturated rings. The molecule has 0 saturated heterocycles. The molecule has 9 nitrogen and oxygen atoms in total. The third-order valence-electron chi connectivity index (χ3n) is 5.83. The van der Waals surface area contributed by atoms with Gasteiger partial charge in [-0.15, -0.1) is 0 Å². The van der Waals surface area contributed by atoms with Crippen molar-refractivity contribution in [3.63, 3.8) is 0 Å². The van der Waals surface area contributed by atoms with Crippen LogP contribution in [0.5, 0.6) is 0 Å². The first kappa shape index (κ1) is 29.8. The van der Waals surface area contributed by atoms with Crippen LogP contribution in [0.1, 0.15) is 72.6 Å². The lowest BCUT2D eigenvalue weighted by molar-refractivity contribution is -0.106. The number of primary amides is 2. The zero-order valence-electron chi connectivity index (χ0n) is 22.5. The van der Waals surface area contributed by atoms with Crippen molar-refractivity contribution in [3.8, 4) is 11.4 Å². The summed E-state index contributed by atoms with van der Waals surface area (Å²) in [6.07, 6.45) is 2.49. The zero-order valence-corrected chi connectivity index (χ0v) is 22.5. The molecule has 0 radical (unpaired) electrons. The van der Waals surface area contributed by atoms with Crippen molar-refractivity contribution >= 4 is 18.2 Å². The number of nitrogens with zero attached hydrogens (tertiary/aromatic N) is 4. The average molecular weight is 487 g/mol. The fourth-order valence-corrected chi connectivity index (χ4v) is 3.42. The number of imidazole rings is 1. The van der Waals surface area contributed by atoms with Crippen LogP contribution in [-0.2, 0) is 17.9 Å². The molecule has 0 atom stereocenters. The van der Waals surface area contributed by atoms with E-state index in [2.05, 4.69) is 47.9 Å². The minimum Gasteiger partial charge on any atom is -0.372 e. The van der Waals surface area contributed by atoms with E-state index in [4.69, 9.17) is 10.5 Å². The summed E-state index contributed by atoms with van der Waals surface area (Å²) in [7, 11) is 5.50. The smallest absolute Gasteiger partial charge is 0.269 e. The van der Waals surface area contributed by atoms with Crippen LogP contribution in [0.4, 0.5) is 0 Å². The van der Waals surface area contributed by atoms with E-state index in [0.29, 0.717) is 23.2 Å². The molecule has 1 aliphatic rings. The highest BCUT2D eigenvalue weighted by molar-refractivity contribution is 5.96. The van der Waals surface area contributed by atoms with Gasteiger partial charge in [0.25, 0.3) is 11.8 Å². The molecule has 0 spiro atoms. The lowest BCUT2D eigenvalue weighted by Gasteiger charge is -2.14. The Balaban J connectivity index is 0.000000586. The first-order valence-corrected chi connectivity index (χ1v) is 11.8. The van der Waals surface area contributed by atoms with Crippen LogP contribution >= 0.6 is 0 Å². The summed E-state index contributed by atoms with van der Waals surface area (Å²) in [5, 5.41) is 0. The number of nitrogens with two attached hydrogens (primary N) is 2. The van der Waals surface area contributed by atoms with E-state index in [1.807, 2.05) is 32.2 Å². The molecule has 1 aromatic carbocycles. The fourth-order valence-electron chi connectivity index (χ4n) is 3.42. The van der Waals surface area contributed by atoms with Crippen molar-refractivity contribution in [1.82, 2.24) is 19.4 Å². The van der Waals surface area contributed by atoms with Crippen molar-refractivity contribution in [2.75, 3.05) is 27.7 Å². The third-order valence-corrected chi connectivity index (χ3v) is 5.83. The number of fused-ring (bicyclic) bond motifs is 1. The number of benzene rings is 1. The third kappa shape index (κ3) is 8.51. The summed E-state index contributed by atoms with van der Waals surface area (Å²) >= 11 is 0. The molecule has 35 heavy (non-hydrogen) atoms. The van der Waals surface area contributed by atoms with Crippen molar-refractivity contribution in [2.24, 2.45) is 16.9 Å². The summed E-state index contributed by atoms with van der Waals surface area (Å²) in [5.41, 5.74) is 13.9. The zero-order chi connectivity index (χ0) is 26.9. The number of hydrogen-bond acceptors (Lipinski definition) is 5. The summed E-state index contributed by atoms with van der Waals surface area (Å²) in [4.78, 5) is 41.0. The second-order valence-corrected chi connectivity index (χ2v) is 10.1. The average Bonchev–Trinajstić information content (AvgIpc) is 3.00. The quantitative estimate of drug-likeness (QED) is 0.645. The Labute approximate surface area is 209 Å². The summed E-state index contributed by atoms with van der Waals surface area (Å²) in [6.45, 7) is 13.2. The van der Waals surface area contributed by atoms with E-state index in [1.54, 1.807) is 19.0 Å². The second kappa shape index (κ2) is 13.0. The number of aromatic nitrogens is 2. The molecule has 0 saturated carbocycles. The van der Waals surface area contributed by atoms with Crippen LogP contribution in [0.25, 0.3) is 11.4 Å². The van der Waals surface area contributed by atoms with Gasteiger partial charge in [-0.1, -0.05) is 40.2 Å². The summed E-state index contributed by atoms with van der Waals surface area (Å²) in [6, 6.07) is 5.66. The van der Waals surface area contributed by atoms with Crippen molar-refractivity contribution in [1.29, 1.82) is 0 Å². The SMILES string of the molecule is CCC(C)(C)C.Cc1cc(-c2nc(C(N)=O)c3n2CCCN(C)C3)ccc1C(=O)N(C)C.NC=O. The van der Waals surface area contributed by atoms with Crippen LogP contribution in [0, 0.1) is 12.3 Å². The predicted octanol–water partition coefficient (Wildman–Crippen LogP) is 3.04. The Bertz CT molecular complexity index is 1020. The topological polar surface area (TPSA) is 128 Å². The predicted molar refractivity (Wildman–Crippen MR) is 140 cm³/mol. The normalized spacial score (nSPS) is 13.3. The van der Waals surface area contributed by atoms with Crippen molar-refractivity contribution < 1.29 is 14.4 Å². The number of carbonyl (C=O) groups excluding carboxylic acids is 3. The Morgan fingerprint density at radius 1 is 1.20 bits per heavy atom. The minimum absolute atomic E-state index is 0.0320. The maximum atomic E-state index is 12.3. The molecule has 3 rings (SSSR count). The second-order valence-electron chi connectivity index (χ2n) is 10.1. The van der Waals surface area contributed by atoms with E-state index in [1.165, 1.54) is 6.42 Å². The molecule has 3 amide bonds. The van der Waals surface area contributed by atoms with Gasteiger partial charge in [-0.25, -0.2) is 4.98 Å². The first-order chi connectivity index (χ1) is 16.3. The molecule has 1 aromatic heterocycles. The highest BCUT2D eigenvalue weighted by atomic mass is 16.2. The van der Waals surface area contributed by atoms with Gasteiger partial charge >= 0.3 is 0 Å². The Hall–Kier alpha value is -3.20. The number of carbonyl (C=O) groups is 3. The molecular formula is C26H42N6O3. The van der Waals surface area contributed by atoms with Gasteiger partial charge in [0, 0.05) is 38.3 Å². The lowest BCUT2D eigenvalue weighted by Crippen LogP contribution is -2.22. The molecular weight excluding hydrogens is 444 g/mol. The molecule has 0 aliphatic carbocycles. The molecule has 9 heteroatoms. The Morgan fingerprint density at radius 3 is 2.23 bits per heavy atom. The van der Waals surface area contributed by atoms with Gasteiger partial charge in [0.05, 0.1) is 5.69 Å². The van der Waals surface area contributed by atoms with E-state index >= 15 is 0 Å². The standard InChI is InChI=1S/C19H25N5O2.C6H14.CH3NO/c1-12-10-13(6-7-14(12)19(26)22(2)3)18-21-16(17(20)25)15-11-23(4)8-5-9-24(15)18;1-5-6(2,3)4;2-1-3/h6-7,10H,5,8-9,11H2,1-4H3,(H2,20,25);5H2,1-4H3;1H,(H2,2,3). The van der Waals surface area contributed by atoms with Gasteiger partial charge in [-0.3, -0.25) is 14.4 Å². The van der Waals surface area contributed by atoms with E-state index in [0.717, 1.165) is 42.2 Å². The fraction of sp³-hybridized carbons (Fsp3) is 0.538. The van der Waals surface area contributed by atoms with Crippen molar-refractivity contribution in [2.45, 2.75) is 60.5 Å². The van der Waals surface area contributed by atoms with Crippen LogP contribution in [0.3, 0.4) is 0 Å². The largest absolute Gasteiger partial charge is 0.372 e. The summed E-state index contributed by atoms with van der Waals surface area (Å²) in [5.74, 6) is 0.193. The Kier molecular flexibility index (Phi) is 11.1. The van der Waals surface area contributed by atoms with Gasteiger partial charge in [0.15, 0.2) is 5.69 Å². The van der Waals surface area contributed by atoms with Crippen LogP contribution < -0.4 is 11.5 Å². The molecule has 0 bridgehead atoms. The molecule has 1 aliphatic heterocycles. The van der Waals surface area contributed by atoms with Gasteiger partial charge < -0.3 is 25.8 Å². The van der Waals surface area contributed by atoms with Gasteiger partial charge in [0.1, 0.15) is 5.82 Å². The number of hydrogen-bond donors (Lipinski definition) is 2. The minimum atomic E-state index is -0.508. The van der Waals surface area contributed by atoms with Crippen LogP contribution in [0.2, 0.25) is 0 Å². The van der Waals surface area contributed by atoms with E-state index in [-0.39, 0.29) is 12.3 Å². The van der Waals surface area contributed by atoms with E-state index < -0.39 is 5.91 Å². The lowest BCUT2D eigenvalue weighted by atomic mass is 9.94. The number of rotatable bonds is 3. The Morgan fingerprint density at radius 2 is 1.77 bits per heavy atom. The highest BCUT2D eigenvalue weighted by Gasteiger charge is 2.25. The maximum Gasteiger partial charge on any atom is 0.269 e. The maximum absolute atomic E-state index is 12.3. The molecule has 194 valence electrons. The molecule has 2 aromatic rings. The van der Waals surface area contributed by atoms with E-state index in [9.17, 15) is 9.59 Å². The monoisotopic (exact) mass is 486 g/mol. The molecule has 2 heterocycles. The highest BCUT2D eigenvalue weighted by Crippen LogP contribution is 2.27. The van der Waals surface area contributed by atoms with Gasteiger partial charge in [-0.05, 0) is 50.0 Å². The van der Waals surface area contributed by atoms with Crippen molar-refractivity contribution in [3.05, 3.63) is 40.7 Å². The first-order valence-electron chi connectivity index (χ1n) is 11.8. The molecule has 0 unspecified atom stereocenters. The van der Waals surface area contributed by atoms with Crippen LogP contribution in [-0.4, -0.2) is 65.3 Å². The number of amides is 3.